The highest BCUT2D eigenvalue weighted by Crippen LogP contribution is 2.34. The molecule has 1 aliphatic heterocycles. The molecule has 1 heterocycles. The summed E-state index contributed by atoms with van der Waals surface area (Å²) in [5.74, 6) is 1.44. The molecular weight excluding hydrogens is 351 g/mol. The van der Waals surface area contributed by atoms with Crippen molar-refractivity contribution in [1.29, 1.82) is 0 Å². The first-order valence-corrected chi connectivity index (χ1v) is 10.4. The zero-order chi connectivity index (χ0) is 15.6. The fraction of sp³-hybridized carbons (Fsp3) is 0.538. The minimum absolute atomic E-state index is 0.226. The smallest absolute Gasteiger partial charge is 0.164 e. The molecule has 2 N–H and O–H groups in total. The van der Waals surface area contributed by atoms with Gasteiger partial charge in [0.05, 0.1) is 0 Å². The van der Waals surface area contributed by atoms with Crippen LogP contribution in [0.1, 0.15) is 11.6 Å². The van der Waals surface area contributed by atoms with E-state index in [4.69, 9.17) is 28.9 Å². The molecular formula is C13H18Cl2N2O2S2. The fourth-order valence-electron chi connectivity index (χ4n) is 2.53. The number of hydrogen-bond donors (Lipinski definition) is 1. The summed E-state index contributed by atoms with van der Waals surface area (Å²) in [6, 6.07) is 5.01. The molecule has 8 heteroatoms. The van der Waals surface area contributed by atoms with Crippen molar-refractivity contribution >= 4 is 44.8 Å². The highest BCUT2D eigenvalue weighted by Gasteiger charge is 2.36. The molecule has 0 saturated carbocycles. The maximum atomic E-state index is 12.0. The third-order valence-electron chi connectivity index (χ3n) is 3.56. The van der Waals surface area contributed by atoms with E-state index in [9.17, 15) is 8.42 Å². The molecule has 21 heavy (non-hydrogen) atoms. The Hall–Kier alpha value is 0.0200. The summed E-state index contributed by atoms with van der Waals surface area (Å²) in [7, 11) is -3.18. The van der Waals surface area contributed by atoms with Crippen molar-refractivity contribution in [1.82, 2.24) is 4.90 Å². The van der Waals surface area contributed by atoms with Crippen LogP contribution >= 0.6 is 35.0 Å². The number of hydrogen-bond acceptors (Lipinski definition) is 5. The maximum Gasteiger partial charge on any atom is 0.164 e. The lowest BCUT2D eigenvalue weighted by atomic mass is 10.1. The Kier molecular flexibility index (Phi) is 5.84. The minimum Gasteiger partial charge on any atom is -0.329 e. The fourth-order valence-corrected chi connectivity index (χ4v) is 5.99. The van der Waals surface area contributed by atoms with Crippen LogP contribution in [0.15, 0.2) is 18.2 Å². The first kappa shape index (κ1) is 17.4. The van der Waals surface area contributed by atoms with Gasteiger partial charge in [0.15, 0.2) is 9.84 Å². The van der Waals surface area contributed by atoms with Crippen molar-refractivity contribution < 1.29 is 8.42 Å². The Labute approximate surface area is 139 Å². The van der Waals surface area contributed by atoms with Gasteiger partial charge < -0.3 is 5.73 Å². The first-order chi connectivity index (χ1) is 9.84. The van der Waals surface area contributed by atoms with Crippen LogP contribution in [-0.4, -0.2) is 49.5 Å². The molecule has 1 fully saturated rings. The van der Waals surface area contributed by atoms with Crippen LogP contribution in [0.25, 0.3) is 0 Å². The maximum absolute atomic E-state index is 12.0. The van der Waals surface area contributed by atoms with Gasteiger partial charge in [-0.15, -0.1) is 0 Å². The van der Waals surface area contributed by atoms with Crippen LogP contribution in [-0.2, 0) is 9.84 Å². The molecule has 1 aromatic rings. The van der Waals surface area contributed by atoms with Gasteiger partial charge in [-0.25, -0.2) is 8.42 Å². The van der Waals surface area contributed by atoms with E-state index in [1.54, 1.807) is 23.9 Å². The second kappa shape index (κ2) is 7.06. The molecule has 0 amide bonds. The van der Waals surface area contributed by atoms with Gasteiger partial charge in [0.25, 0.3) is 0 Å². The molecule has 118 valence electrons. The lowest BCUT2D eigenvalue weighted by Crippen LogP contribution is -2.50. The summed E-state index contributed by atoms with van der Waals surface area (Å²) in [5.41, 5.74) is 6.74. The SMILES string of the molecule is CS(=O)(=O)C1CSCCN1C(CN)c1ccc(Cl)cc1Cl. The number of benzene rings is 1. The van der Waals surface area contributed by atoms with Crippen LogP contribution in [0.3, 0.4) is 0 Å². The minimum atomic E-state index is -3.18. The van der Waals surface area contributed by atoms with Gasteiger partial charge in [0.2, 0.25) is 0 Å². The highest BCUT2D eigenvalue weighted by atomic mass is 35.5. The highest BCUT2D eigenvalue weighted by molar-refractivity contribution is 8.00. The summed E-state index contributed by atoms with van der Waals surface area (Å²) in [5, 5.41) is 0.536. The van der Waals surface area contributed by atoms with Crippen molar-refractivity contribution in [3.05, 3.63) is 33.8 Å². The number of thioether (sulfide) groups is 1. The zero-order valence-electron chi connectivity index (χ0n) is 11.6. The van der Waals surface area contributed by atoms with E-state index in [-0.39, 0.29) is 6.04 Å². The molecule has 2 atom stereocenters. The molecule has 1 aromatic carbocycles. The second-order valence-electron chi connectivity index (χ2n) is 5.01. The standard InChI is InChI=1S/C13H18Cl2N2O2S2/c1-21(18,19)13-8-20-5-4-17(13)12(7-16)10-3-2-9(14)6-11(10)15/h2-3,6,12-13H,4-5,7-8,16H2,1H3. The van der Waals surface area contributed by atoms with Crippen molar-refractivity contribution in [2.24, 2.45) is 5.73 Å². The Bertz CT molecular complexity index is 610. The third kappa shape index (κ3) is 4.06. The lowest BCUT2D eigenvalue weighted by molar-refractivity contribution is 0.198. The van der Waals surface area contributed by atoms with E-state index in [1.165, 1.54) is 6.26 Å². The number of rotatable bonds is 4. The molecule has 4 nitrogen and oxygen atoms in total. The normalized spacial score (nSPS) is 22.2. The Morgan fingerprint density at radius 2 is 2.19 bits per heavy atom. The Balaban J connectivity index is 2.38. The van der Waals surface area contributed by atoms with E-state index in [0.717, 1.165) is 11.3 Å². The van der Waals surface area contributed by atoms with E-state index in [0.29, 0.717) is 28.9 Å². The van der Waals surface area contributed by atoms with Crippen molar-refractivity contribution in [2.75, 3.05) is 30.9 Å². The van der Waals surface area contributed by atoms with Crippen LogP contribution in [0.4, 0.5) is 0 Å². The van der Waals surface area contributed by atoms with Gasteiger partial charge in [-0.2, -0.15) is 11.8 Å². The molecule has 2 rings (SSSR count). The van der Waals surface area contributed by atoms with Gasteiger partial charge in [0.1, 0.15) is 5.37 Å². The van der Waals surface area contributed by atoms with Crippen molar-refractivity contribution in [2.45, 2.75) is 11.4 Å². The molecule has 0 spiro atoms. The van der Waals surface area contributed by atoms with Crippen LogP contribution in [0, 0.1) is 0 Å². The monoisotopic (exact) mass is 368 g/mol. The molecule has 0 bridgehead atoms. The van der Waals surface area contributed by atoms with Gasteiger partial charge in [-0.05, 0) is 17.7 Å². The lowest BCUT2D eigenvalue weighted by Gasteiger charge is -2.39. The van der Waals surface area contributed by atoms with Gasteiger partial charge >= 0.3 is 0 Å². The van der Waals surface area contributed by atoms with Crippen LogP contribution < -0.4 is 5.73 Å². The van der Waals surface area contributed by atoms with Gasteiger partial charge in [-0.3, -0.25) is 4.90 Å². The van der Waals surface area contributed by atoms with E-state index in [2.05, 4.69) is 0 Å². The number of sulfone groups is 1. The largest absolute Gasteiger partial charge is 0.329 e. The predicted octanol–water partition coefficient (Wildman–Crippen LogP) is 2.41. The average molecular weight is 369 g/mol. The summed E-state index contributed by atoms with van der Waals surface area (Å²) in [6.45, 7) is 0.973. The van der Waals surface area contributed by atoms with Gasteiger partial charge in [-0.1, -0.05) is 29.3 Å². The Morgan fingerprint density at radius 3 is 2.76 bits per heavy atom. The molecule has 1 saturated heterocycles. The average Bonchev–Trinajstić information content (AvgIpc) is 2.41. The topological polar surface area (TPSA) is 63.4 Å². The number of nitrogens with two attached hydrogens (primary N) is 1. The van der Waals surface area contributed by atoms with Crippen molar-refractivity contribution in [3.63, 3.8) is 0 Å². The predicted molar refractivity (Wildman–Crippen MR) is 90.9 cm³/mol. The molecule has 0 aliphatic carbocycles. The summed E-state index contributed by atoms with van der Waals surface area (Å²) in [6.07, 6.45) is 1.27. The first-order valence-electron chi connectivity index (χ1n) is 6.52. The summed E-state index contributed by atoms with van der Waals surface area (Å²) < 4.78 is 24.1. The quantitative estimate of drug-likeness (QED) is 0.883. The van der Waals surface area contributed by atoms with E-state index in [1.807, 2.05) is 11.0 Å². The molecule has 2 unspecified atom stereocenters. The zero-order valence-corrected chi connectivity index (χ0v) is 14.8. The molecule has 0 radical (unpaired) electrons. The van der Waals surface area contributed by atoms with Crippen molar-refractivity contribution in [3.8, 4) is 0 Å². The number of halogens is 2. The molecule has 0 aromatic heterocycles. The second-order valence-corrected chi connectivity index (χ2v) is 9.21. The summed E-state index contributed by atoms with van der Waals surface area (Å²) in [4.78, 5) is 1.95. The van der Waals surface area contributed by atoms with Crippen LogP contribution in [0.5, 0.6) is 0 Å². The van der Waals surface area contributed by atoms with E-state index >= 15 is 0 Å². The Morgan fingerprint density at radius 1 is 1.48 bits per heavy atom. The summed E-state index contributed by atoms with van der Waals surface area (Å²) >= 11 is 13.8. The molecule has 1 aliphatic rings. The number of nitrogens with zero attached hydrogens (tertiary/aromatic N) is 1. The van der Waals surface area contributed by atoms with Crippen LogP contribution in [0.2, 0.25) is 10.0 Å². The van der Waals surface area contributed by atoms with Gasteiger partial charge in [0, 0.05) is 46.9 Å². The third-order valence-corrected chi connectivity index (χ3v) is 6.79. The van der Waals surface area contributed by atoms with E-state index < -0.39 is 15.2 Å².